The molecular formula is C18H29NO2. The highest BCUT2D eigenvalue weighted by molar-refractivity contribution is 5.76. The smallest absolute Gasteiger partial charge is 0.220 e. The summed E-state index contributed by atoms with van der Waals surface area (Å²) >= 11 is 0. The molecule has 1 rings (SSSR count). The number of aliphatic hydroxyl groups is 1. The van der Waals surface area contributed by atoms with Gasteiger partial charge in [-0.1, -0.05) is 51.1 Å². The second-order valence-electron chi connectivity index (χ2n) is 6.71. The van der Waals surface area contributed by atoms with E-state index in [2.05, 4.69) is 38.2 Å². The highest BCUT2D eigenvalue weighted by Crippen LogP contribution is 2.24. The summed E-state index contributed by atoms with van der Waals surface area (Å²) in [7, 11) is 0. The fourth-order valence-electron chi connectivity index (χ4n) is 2.73. The van der Waals surface area contributed by atoms with E-state index < -0.39 is 0 Å². The van der Waals surface area contributed by atoms with Gasteiger partial charge < -0.3 is 10.4 Å². The standard InChI is InChI=1S/C18H29NO2/c1-5-15(16-9-7-6-8-10-16)11-17(21)19-13-18(3,4)12-14(2)20/h6-10,14-15,20H,5,11-13H2,1-4H3,(H,19,21). The summed E-state index contributed by atoms with van der Waals surface area (Å²) in [6.45, 7) is 8.62. The van der Waals surface area contributed by atoms with Crippen molar-refractivity contribution in [2.24, 2.45) is 5.41 Å². The van der Waals surface area contributed by atoms with Crippen LogP contribution in [0.1, 0.15) is 58.4 Å². The fourth-order valence-corrected chi connectivity index (χ4v) is 2.73. The largest absolute Gasteiger partial charge is 0.393 e. The molecule has 2 N–H and O–H groups in total. The van der Waals surface area contributed by atoms with E-state index in [1.807, 2.05) is 18.2 Å². The lowest BCUT2D eigenvalue weighted by Crippen LogP contribution is -2.36. The van der Waals surface area contributed by atoms with Gasteiger partial charge in [0.1, 0.15) is 0 Å². The van der Waals surface area contributed by atoms with E-state index in [4.69, 9.17) is 0 Å². The van der Waals surface area contributed by atoms with Gasteiger partial charge >= 0.3 is 0 Å². The average Bonchev–Trinajstić information content (AvgIpc) is 2.42. The van der Waals surface area contributed by atoms with E-state index in [1.54, 1.807) is 6.92 Å². The van der Waals surface area contributed by atoms with Crippen molar-refractivity contribution in [1.82, 2.24) is 5.32 Å². The Kier molecular flexibility index (Phi) is 6.90. The third-order valence-corrected chi connectivity index (χ3v) is 3.81. The molecular weight excluding hydrogens is 262 g/mol. The quantitative estimate of drug-likeness (QED) is 0.770. The molecule has 2 atom stereocenters. The van der Waals surface area contributed by atoms with Crippen LogP contribution in [-0.2, 0) is 4.79 Å². The van der Waals surface area contributed by atoms with Crippen LogP contribution in [0, 0.1) is 5.41 Å². The summed E-state index contributed by atoms with van der Waals surface area (Å²) in [6, 6.07) is 10.2. The van der Waals surface area contributed by atoms with Gasteiger partial charge in [0, 0.05) is 13.0 Å². The second-order valence-corrected chi connectivity index (χ2v) is 6.71. The Hall–Kier alpha value is -1.35. The van der Waals surface area contributed by atoms with Crippen molar-refractivity contribution in [2.45, 2.75) is 59.0 Å². The van der Waals surface area contributed by atoms with E-state index in [1.165, 1.54) is 5.56 Å². The van der Waals surface area contributed by atoms with Gasteiger partial charge in [-0.25, -0.2) is 0 Å². The summed E-state index contributed by atoms with van der Waals surface area (Å²) in [5.41, 5.74) is 1.14. The van der Waals surface area contributed by atoms with Crippen LogP contribution < -0.4 is 5.32 Å². The fraction of sp³-hybridized carbons (Fsp3) is 0.611. The van der Waals surface area contributed by atoms with Crippen LogP contribution in [0.4, 0.5) is 0 Å². The predicted octanol–water partition coefficient (Wildman–Crippen LogP) is 3.48. The van der Waals surface area contributed by atoms with Crippen molar-refractivity contribution in [1.29, 1.82) is 0 Å². The molecule has 1 amide bonds. The van der Waals surface area contributed by atoms with Crippen molar-refractivity contribution in [3.05, 3.63) is 35.9 Å². The summed E-state index contributed by atoms with van der Waals surface area (Å²) in [5, 5.41) is 12.5. The Balaban J connectivity index is 2.49. The topological polar surface area (TPSA) is 49.3 Å². The maximum atomic E-state index is 12.1. The van der Waals surface area contributed by atoms with Gasteiger partial charge in [0.2, 0.25) is 5.91 Å². The maximum absolute atomic E-state index is 12.1. The summed E-state index contributed by atoms with van der Waals surface area (Å²) in [5.74, 6) is 0.357. The molecule has 0 aromatic heterocycles. The van der Waals surface area contributed by atoms with Gasteiger partial charge in [-0.15, -0.1) is 0 Å². The lowest BCUT2D eigenvalue weighted by molar-refractivity contribution is -0.122. The van der Waals surface area contributed by atoms with E-state index in [9.17, 15) is 9.90 Å². The average molecular weight is 291 g/mol. The minimum atomic E-state index is -0.343. The van der Waals surface area contributed by atoms with Gasteiger partial charge in [-0.2, -0.15) is 0 Å². The zero-order valence-electron chi connectivity index (χ0n) is 13.7. The molecule has 3 heteroatoms. The Morgan fingerprint density at radius 3 is 2.43 bits per heavy atom. The third-order valence-electron chi connectivity index (χ3n) is 3.81. The predicted molar refractivity (Wildman–Crippen MR) is 87.2 cm³/mol. The van der Waals surface area contributed by atoms with Crippen molar-refractivity contribution >= 4 is 5.91 Å². The van der Waals surface area contributed by atoms with Crippen molar-refractivity contribution in [3.63, 3.8) is 0 Å². The molecule has 0 radical (unpaired) electrons. The zero-order valence-corrected chi connectivity index (χ0v) is 13.7. The molecule has 0 aliphatic rings. The Morgan fingerprint density at radius 2 is 1.90 bits per heavy atom. The van der Waals surface area contributed by atoms with Crippen LogP contribution in [0.25, 0.3) is 0 Å². The molecule has 21 heavy (non-hydrogen) atoms. The molecule has 0 aliphatic heterocycles. The monoisotopic (exact) mass is 291 g/mol. The number of amides is 1. The van der Waals surface area contributed by atoms with Crippen LogP contribution in [0.3, 0.4) is 0 Å². The van der Waals surface area contributed by atoms with E-state index in [0.29, 0.717) is 19.4 Å². The SMILES string of the molecule is CCC(CC(=O)NCC(C)(C)CC(C)O)c1ccccc1. The maximum Gasteiger partial charge on any atom is 0.220 e. The van der Waals surface area contributed by atoms with Crippen LogP contribution in [0.5, 0.6) is 0 Å². The number of nitrogens with one attached hydrogen (secondary N) is 1. The number of hydrogen-bond donors (Lipinski definition) is 2. The number of aliphatic hydroxyl groups excluding tert-OH is 1. The lowest BCUT2D eigenvalue weighted by atomic mass is 9.86. The molecule has 0 aliphatic carbocycles. The van der Waals surface area contributed by atoms with Crippen LogP contribution in [0.15, 0.2) is 30.3 Å². The Labute approximate surface area is 128 Å². The first-order valence-corrected chi connectivity index (χ1v) is 7.84. The van der Waals surface area contributed by atoms with Crippen LogP contribution >= 0.6 is 0 Å². The third kappa shape index (κ3) is 6.76. The number of carbonyl (C=O) groups excluding carboxylic acids is 1. The summed E-state index contributed by atoms with van der Waals surface area (Å²) in [6.07, 6.45) is 1.81. The first-order valence-electron chi connectivity index (χ1n) is 7.84. The molecule has 0 saturated heterocycles. The lowest BCUT2D eigenvalue weighted by Gasteiger charge is -2.26. The van der Waals surface area contributed by atoms with Crippen molar-refractivity contribution in [2.75, 3.05) is 6.54 Å². The second kappa shape index (κ2) is 8.18. The van der Waals surface area contributed by atoms with Gasteiger partial charge in [0.05, 0.1) is 6.10 Å². The molecule has 0 fully saturated rings. The number of carbonyl (C=O) groups is 1. The highest BCUT2D eigenvalue weighted by atomic mass is 16.3. The Morgan fingerprint density at radius 1 is 1.29 bits per heavy atom. The molecule has 0 heterocycles. The number of benzene rings is 1. The summed E-state index contributed by atoms with van der Waals surface area (Å²) < 4.78 is 0. The molecule has 0 saturated carbocycles. The van der Waals surface area contributed by atoms with Gasteiger partial charge in [-0.05, 0) is 36.7 Å². The number of rotatable bonds is 8. The molecule has 118 valence electrons. The van der Waals surface area contributed by atoms with E-state index in [0.717, 1.165) is 6.42 Å². The van der Waals surface area contributed by atoms with Crippen LogP contribution in [0.2, 0.25) is 0 Å². The summed E-state index contributed by atoms with van der Waals surface area (Å²) in [4.78, 5) is 12.1. The molecule has 3 nitrogen and oxygen atoms in total. The molecule has 2 unspecified atom stereocenters. The van der Waals surface area contributed by atoms with Crippen molar-refractivity contribution in [3.8, 4) is 0 Å². The van der Waals surface area contributed by atoms with E-state index in [-0.39, 0.29) is 23.3 Å². The first kappa shape index (κ1) is 17.7. The zero-order chi connectivity index (χ0) is 15.9. The number of hydrogen-bond acceptors (Lipinski definition) is 2. The van der Waals surface area contributed by atoms with E-state index >= 15 is 0 Å². The van der Waals surface area contributed by atoms with Crippen LogP contribution in [-0.4, -0.2) is 23.7 Å². The highest BCUT2D eigenvalue weighted by Gasteiger charge is 2.22. The molecule has 1 aromatic rings. The van der Waals surface area contributed by atoms with Gasteiger partial charge in [-0.3, -0.25) is 4.79 Å². The molecule has 0 bridgehead atoms. The normalized spacial score (nSPS) is 14.5. The van der Waals surface area contributed by atoms with Gasteiger partial charge in [0.15, 0.2) is 0 Å². The Bertz CT molecular complexity index is 426. The molecule has 0 spiro atoms. The van der Waals surface area contributed by atoms with Crippen molar-refractivity contribution < 1.29 is 9.90 Å². The minimum absolute atomic E-state index is 0.0850. The van der Waals surface area contributed by atoms with Gasteiger partial charge in [0.25, 0.3) is 0 Å². The minimum Gasteiger partial charge on any atom is -0.393 e. The molecule has 1 aromatic carbocycles. The first-order chi connectivity index (χ1) is 9.84.